The number of hydrogen-bond acceptors (Lipinski definition) is 3. The summed E-state index contributed by atoms with van der Waals surface area (Å²) in [7, 11) is 0. The topological polar surface area (TPSA) is 57.9 Å². The Kier molecular flexibility index (Phi) is 4.24. The SMILES string of the molecule is C=C(C)[C@H]1CC=C(C)C(=O)[C@]1(C#N)CCC(C)=O. The van der Waals surface area contributed by atoms with E-state index in [-0.39, 0.29) is 23.9 Å². The molecule has 0 aromatic heterocycles. The second-order valence-electron chi connectivity index (χ2n) is 5.14. The normalized spacial score (nSPS) is 27.3. The molecule has 0 spiro atoms. The summed E-state index contributed by atoms with van der Waals surface area (Å²) >= 11 is 0. The fourth-order valence-electron chi connectivity index (χ4n) is 2.57. The van der Waals surface area contributed by atoms with E-state index in [0.29, 0.717) is 18.4 Å². The lowest BCUT2D eigenvalue weighted by Gasteiger charge is -2.37. The van der Waals surface area contributed by atoms with Crippen molar-refractivity contribution in [2.75, 3.05) is 0 Å². The van der Waals surface area contributed by atoms with Crippen LogP contribution in [0.2, 0.25) is 0 Å². The lowest BCUT2D eigenvalue weighted by molar-refractivity contribution is -0.125. The summed E-state index contributed by atoms with van der Waals surface area (Å²) < 4.78 is 0. The van der Waals surface area contributed by atoms with Crippen LogP contribution < -0.4 is 0 Å². The van der Waals surface area contributed by atoms with E-state index < -0.39 is 5.41 Å². The third kappa shape index (κ3) is 2.43. The molecule has 0 aromatic carbocycles. The van der Waals surface area contributed by atoms with Crippen molar-refractivity contribution in [2.24, 2.45) is 11.3 Å². The van der Waals surface area contributed by atoms with Crippen molar-refractivity contribution in [3.63, 3.8) is 0 Å². The van der Waals surface area contributed by atoms with Crippen molar-refractivity contribution < 1.29 is 9.59 Å². The molecular formula is C15H19NO2. The van der Waals surface area contributed by atoms with Gasteiger partial charge in [0.15, 0.2) is 5.78 Å². The lowest BCUT2D eigenvalue weighted by Crippen LogP contribution is -2.41. The van der Waals surface area contributed by atoms with Gasteiger partial charge in [-0.15, -0.1) is 0 Å². The highest BCUT2D eigenvalue weighted by Crippen LogP contribution is 2.44. The molecule has 3 nitrogen and oxygen atoms in total. The molecule has 2 atom stereocenters. The third-order valence-electron chi connectivity index (χ3n) is 3.68. The maximum absolute atomic E-state index is 12.4. The molecule has 0 saturated heterocycles. The van der Waals surface area contributed by atoms with Gasteiger partial charge in [-0.05, 0) is 39.2 Å². The van der Waals surface area contributed by atoms with Crippen LogP contribution in [0.5, 0.6) is 0 Å². The van der Waals surface area contributed by atoms with Crippen LogP contribution in [0.1, 0.15) is 40.0 Å². The number of carbonyl (C=O) groups excluding carboxylic acids is 2. The van der Waals surface area contributed by atoms with Crippen LogP contribution in [0.3, 0.4) is 0 Å². The van der Waals surface area contributed by atoms with Crippen LogP contribution in [0.25, 0.3) is 0 Å². The van der Waals surface area contributed by atoms with Gasteiger partial charge >= 0.3 is 0 Å². The molecular weight excluding hydrogens is 226 g/mol. The Morgan fingerprint density at radius 3 is 2.67 bits per heavy atom. The van der Waals surface area contributed by atoms with Crippen molar-refractivity contribution in [2.45, 2.75) is 40.0 Å². The van der Waals surface area contributed by atoms with Crippen LogP contribution in [0.15, 0.2) is 23.8 Å². The molecule has 96 valence electrons. The smallest absolute Gasteiger partial charge is 0.179 e. The van der Waals surface area contributed by atoms with Crippen molar-refractivity contribution in [3.05, 3.63) is 23.8 Å². The highest BCUT2D eigenvalue weighted by Gasteiger charge is 2.48. The molecule has 0 heterocycles. The van der Waals surface area contributed by atoms with Gasteiger partial charge in [-0.3, -0.25) is 4.79 Å². The summed E-state index contributed by atoms with van der Waals surface area (Å²) in [6.07, 6.45) is 3.07. The minimum atomic E-state index is -1.10. The van der Waals surface area contributed by atoms with Gasteiger partial charge in [0.1, 0.15) is 11.2 Å². The molecule has 0 saturated carbocycles. The molecule has 0 bridgehead atoms. The van der Waals surface area contributed by atoms with Crippen LogP contribution in [0.4, 0.5) is 0 Å². The van der Waals surface area contributed by atoms with Gasteiger partial charge in [-0.1, -0.05) is 18.2 Å². The van der Waals surface area contributed by atoms with Gasteiger partial charge in [-0.25, -0.2) is 0 Å². The molecule has 1 rings (SSSR count). The molecule has 0 amide bonds. The standard InChI is InChI=1S/C15H19NO2/c1-10(2)13-6-5-11(3)14(18)15(13,9-16)8-7-12(4)17/h5,13H,1,6-8H2,2-4H3/t13-,15+/m1/s1. The van der Waals surface area contributed by atoms with E-state index in [9.17, 15) is 14.9 Å². The first-order valence-electron chi connectivity index (χ1n) is 6.13. The van der Waals surface area contributed by atoms with Crippen LogP contribution in [0, 0.1) is 22.7 Å². The first-order valence-corrected chi connectivity index (χ1v) is 6.13. The zero-order valence-electron chi connectivity index (χ0n) is 11.2. The van der Waals surface area contributed by atoms with Crippen LogP contribution in [-0.2, 0) is 9.59 Å². The van der Waals surface area contributed by atoms with Crippen molar-refractivity contribution >= 4 is 11.6 Å². The molecule has 0 aromatic rings. The second-order valence-corrected chi connectivity index (χ2v) is 5.14. The zero-order valence-corrected chi connectivity index (χ0v) is 11.2. The summed E-state index contributed by atoms with van der Waals surface area (Å²) in [6.45, 7) is 8.95. The summed E-state index contributed by atoms with van der Waals surface area (Å²) in [6, 6.07) is 2.18. The predicted molar refractivity (Wildman–Crippen MR) is 69.6 cm³/mol. The van der Waals surface area contributed by atoms with Gasteiger partial charge in [0, 0.05) is 12.3 Å². The Morgan fingerprint density at radius 1 is 1.61 bits per heavy atom. The van der Waals surface area contributed by atoms with E-state index in [1.165, 1.54) is 6.92 Å². The number of rotatable bonds is 4. The molecule has 1 aliphatic rings. The Labute approximate surface area is 108 Å². The maximum Gasteiger partial charge on any atom is 0.179 e. The summed E-state index contributed by atoms with van der Waals surface area (Å²) in [5, 5.41) is 9.51. The Hall–Kier alpha value is -1.69. The highest BCUT2D eigenvalue weighted by molar-refractivity contribution is 6.02. The number of hydrogen-bond donors (Lipinski definition) is 0. The first-order chi connectivity index (χ1) is 8.35. The van der Waals surface area contributed by atoms with Crippen LogP contribution >= 0.6 is 0 Å². The summed E-state index contributed by atoms with van der Waals surface area (Å²) in [5.74, 6) is -0.325. The molecule has 18 heavy (non-hydrogen) atoms. The molecule has 0 N–H and O–H groups in total. The van der Waals surface area contributed by atoms with E-state index in [4.69, 9.17) is 0 Å². The van der Waals surface area contributed by atoms with E-state index in [2.05, 4.69) is 12.6 Å². The average molecular weight is 245 g/mol. The van der Waals surface area contributed by atoms with Crippen LogP contribution in [-0.4, -0.2) is 11.6 Å². The molecule has 0 fully saturated rings. The number of Topliss-reactive ketones (excluding diaryl/α,β-unsaturated/α-hetero) is 2. The van der Waals surface area contributed by atoms with E-state index in [1.54, 1.807) is 6.92 Å². The van der Waals surface area contributed by atoms with Gasteiger partial charge in [0.25, 0.3) is 0 Å². The molecule has 0 radical (unpaired) electrons. The summed E-state index contributed by atoms with van der Waals surface area (Å²) in [4.78, 5) is 23.5. The third-order valence-corrected chi connectivity index (χ3v) is 3.68. The van der Waals surface area contributed by atoms with E-state index in [1.807, 2.05) is 13.0 Å². The maximum atomic E-state index is 12.4. The number of ketones is 2. The molecule has 3 heteroatoms. The minimum Gasteiger partial charge on any atom is -0.300 e. The number of nitriles is 1. The monoisotopic (exact) mass is 245 g/mol. The average Bonchev–Trinajstić information content (AvgIpc) is 2.30. The minimum absolute atomic E-state index is 0.00472. The zero-order chi connectivity index (χ0) is 13.9. The fraction of sp³-hybridized carbons (Fsp3) is 0.533. The number of nitrogens with zero attached hydrogens (tertiary/aromatic N) is 1. The lowest BCUT2D eigenvalue weighted by atomic mass is 9.62. The fourth-order valence-corrected chi connectivity index (χ4v) is 2.57. The number of allylic oxidation sites excluding steroid dienone is 3. The Bertz CT molecular complexity index is 467. The quantitative estimate of drug-likeness (QED) is 0.715. The van der Waals surface area contributed by atoms with Gasteiger partial charge in [-0.2, -0.15) is 5.26 Å². The number of carbonyl (C=O) groups is 2. The summed E-state index contributed by atoms with van der Waals surface area (Å²) in [5.41, 5.74) is 0.353. The van der Waals surface area contributed by atoms with Gasteiger partial charge < -0.3 is 4.79 Å². The molecule has 0 aliphatic heterocycles. The van der Waals surface area contributed by atoms with Crippen molar-refractivity contribution in [1.29, 1.82) is 5.26 Å². The Balaban J connectivity index is 3.20. The molecule has 0 unspecified atom stereocenters. The van der Waals surface area contributed by atoms with Gasteiger partial charge in [0.2, 0.25) is 0 Å². The second kappa shape index (κ2) is 5.30. The Morgan fingerprint density at radius 2 is 2.22 bits per heavy atom. The molecule has 1 aliphatic carbocycles. The van der Waals surface area contributed by atoms with E-state index >= 15 is 0 Å². The largest absolute Gasteiger partial charge is 0.300 e. The van der Waals surface area contributed by atoms with E-state index in [0.717, 1.165) is 5.57 Å². The van der Waals surface area contributed by atoms with Crippen molar-refractivity contribution in [1.82, 2.24) is 0 Å². The van der Waals surface area contributed by atoms with Gasteiger partial charge in [0.05, 0.1) is 6.07 Å². The first kappa shape index (κ1) is 14.4. The predicted octanol–water partition coefficient (Wildman–Crippen LogP) is 2.98. The van der Waals surface area contributed by atoms with Crippen molar-refractivity contribution in [3.8, 4) is 6.07 Å². The highest BCUT2D eigenvalue weighted by atomic mass is 16.1.